The number of ether oxygens (including phenoxy) is 2. The van der Waals surface area contributed by atoms with E-state index in [1.807, 2.05) is 13.8 Å². The van der Waals surface area contributed by atoms with Crippen molar-refractivity contribution in [3.05, 3.63) is 11.8 Å². The highest BCUT2D eigenvalue weighted by Gasteiger charge is 2.25. The van der Waals surface area contributed by atoms with Crippen molar-refractivity contribution in [2.24, 2.45) is 11.7 Å². The van der Waals surface area contributed by atoms with Gasteiger partial charge in [-0.05, 0) is 32.3 Å². The molecule has 0 aliphatic carbocycles. The van der Waals surface area contributed by atoms with Crippen LogP contribution in [-0.2, 0) is 28.7 Å². The highest BCUT2D eigenvalue weighted by atomic mass is 16.5. The molecule has 1 atom stereocenters. The van der Waals surface area contributed by atoms with Gasteiger partial charge in [-0.15, -0.1) is 0 Å². The zero-order valence-corrected chi connectivity index (χ0v) is 17.4. The Morgan fingerprint density at radius 2 is 1.79 bits per heavy atom. The van der Waals surface area contributed by atoms with E-state index in [-0.39, 0.29) is 37.8 Å². The second-order valence-corrected chi connectivity index (χ2v) is 6.97. The van der Waals surface area contributed by atoms with Gasteiger partial charge in [-0.25, -0.2) is 4.79 Å². The molecule has 5 N–H and O–H groups in total. The Balaban J connectivity index is 5.31. The number of carbonyl (C=O) groups excluding carboxylic acids is 4. The third-order valence-electron chi connectivity index (χ3n) is 3.34. The van der Waals surface area contributed by atoms with Crippen LogP contribution in [0.2, 0.25) is 0 Å². The summed E-state index contributed by atoms with van der Waals surface area (Å²) < 4.78 is 10.1. The Morgan fingerprint density at radius 1 is 1.14 bits per heavy atom. The lowest BCUT2D eigenvalue weighted by atomic mass is 10.0. The molecule has 0 aliphatic heterocycles. The van der Waals surface area contributed by atoms with Crippen molar-refractivity contribution < 1.29 is 28.7 Å². The lowest BCUT2D eigenvalue weighted by Gasteiger charge is -2.21. The van der Waals surface area contributed by atoms with Crippen LogP contribution in [-0.4, -0.2) is 61.7 Å². The number of esters is 1. The van der Waals surface area contributed by atoms with Crippen molar-refractivity contribution in [2.45, 2.75) is 52.7 Å². The Morgan fingerprint density at radius 3 is 2.31 bits per heavy atom. The van der Waals surface area contributed by atoms with Gasteiger partial charge in [-0.1, -0.05) is 13.8 Å². The van der Waals surface area contributed by atoms with Gasteiger partial charge >= 0.3 is 5.97 Å². The third-order valence-corrected chi connectivity index (χ3v) is 3.34. The summed E-state index contributed by atoms with van der Waals surface area (Å²) in [5.74, 6) is -2.40. The topological polar surface area (TPSA) is 161 Å². The number of hydrogen-bond acceptors (Lipinski definition) is 8. The molecule has 164 valence electrons. The van der Waals surface area contributed by atoms with Gasteiger partial charge < -0.3 is 31.3 Å². The zero-order chi connectivity index (χ0) is 22.4. The molecule has 0 aromatic heterocycles. The van der Waals surface area contributed by atoms with Crippen molar-refractivity contribution in [1.82, 2.24) is 10.6 Å². The number of amides is 2. The average Bonchev–Trinajstić information content (AvgIpc) is 2.63. The van der Waals surface area contributed by atoms with Crippen LogP contribution in [0.3, 0.4) is 0 Å². The Kier molecular flexibility index (Phi) is 13.1. The van der Waals surface area contributed by atoms with Gasteiger partial charge in [0, 0.05) is 13.0 Å². The fourth-order valence-electron chi connectivity index (χ4n) is 2.13. The highest BCUT2D eigenvalue weighted by molar-refractivity contribution is 6.26. The van der Waals surface area contributed by atoms with E-state index in [4.69, 9.17) is 20.6 Å². The SMILES string of the molecule is CC(C)CC(NC(=O)COCCN)C(=O)N/C(=C\CC(=O)C=N)C(=O)OC(C)C. The van der Waals surface area contributed by atoms with E-state index in [1.54, 1.807) is 13.8 Å². The fourth-order valence-corrected chi connectivity index (χ4v) is 2.13. The number of rotatable bonds is 14. The molecule has 10 nitrogen and oxygen atoms in total. The second-order valence-electron chi connectivity index (χ2n) is 6.97. The largest absolute Gasteiger partial charge is 0.458 e. The predicted octanol–water partition coefficient (Wildman–Crippen LogP) is 0.0531. The van der Waals surface area contributed by atoms with E-state index in [0.29, 0.717) is 12.6 Å². The van der Waals surface area contributed by atoms with E-state index in [1.165, 1.54) is 6.08 Å². The van der Waals surface area contributed by atoms with Crippen molar-refractivity contribution in [3.63, 3.8) is 0 Å². The van der Waals surface area contributed by atoms with Gasteiger partial charge in [0.25, 0.3) is 0 Å². The molecule has 0 saturated heterocycles. The first kappa shape index (κ1) is 26.4. The van der Waals surface area contributed by atoms with Gasteiger partial charge in [-0.3, -0.25) is 14.4 Å². The smallest absolute Gasteiger partial charge is 0.354 e. The van der Waals surface area contributed by atoms with E-state index in [0.717, 1.165) is 0 Å². The number of carbonyl (C=O) groups is 4. The molecule has 0 radical (unpaired) electrons. The van der Waals surface area contributed by atoms with Crippen LogP contribution in [0.4, 0.5) is 0 Å². The summed E-state index contributed by atoms with van der Waals surface area (Å²) in [7, 11) is 0. The minimum absolute atomic E-state index is 0.0746. The summed E-state index contributed by atoms with van der Waals surface area (Å²) in [6.45, 7) is 7.28. The number of nitrogens with one attached hydrogen (secondary N) is 3. The average molecular weight is 412 g/mol. The second kappa shape index (κ2) is 14.4. The maximum Gasteiger partial charge on any atom is 0.354 e. The molecule has 0 spiro atoms. The summed E-state index contributed by atoms with van der Waals surface area (Å²) in [5, 5.41) is 11.9. The fraction of sp³-hybridized carbons (Fsp3) is 0.632. The maximum absolute atomic E-state index is 12.7. The van der Waals surface area contributed by atoms with E-state index < -0.39 is 35.7 Å². The van der Waals surface area contributed by atoms with E-state index >= 15 is 0 Å². The standard InChI is InChI=1S/C19H32N4O6/c1-12(2)9-16(22-17(25)11-28-8-7-20)18(26)23-15(6-5-14(24)10-21)19(27)29-13(3)4/h6,10,12-13,16,21H,5,7-9,11,20H2,1-4H3,(H,22,25)(H,23,26)/b15-6-,21-10?. The molecule has 0 aromatic rings. The molecule has 0 fully saturated rings. The van der Waals surface area contributed by atoms with Crippen LogP contribution in [0.5, 0.6) is 0 Å². The summed E-state index contributed by atoms with van der Waals surface area (Å²) in [4.78, 5) is 48.3. The number of allylic oxidation sites excluding steroid dienone is 1. The highest BCUT2D eigenvalue weighted by Crippen LogP contribution is 2.08. The normalized spacial score (nSPS) is 12.4. The van der Waals surface area contributed by atoms with Gasteiger partial charge in [-0.2, -0.15) is 0 Å². The maximum atomic E-state index is 12.7. The molecule has 0 aliphatic rings. The molecule has 1 unspecified atom stereocenters. The van der Waals surface area contributed by atoms with Crippen LogP contribution < -0.4 is 16.4 Å². The van der Waals surface area contributed by atoms with Crippen LogP contribution in [0.1, 0.15) is 40.5 Å². The van der Waals surface area contributed by atoms with Crippen LogP contribution >= 0.6 is 0 Å². The minimum Gasteiger partial charge on any atom is -0.458 e. The predicted molar refractivity (Wildman–Crippen MR) is 107 cm³/mol. The van der Waals surface area contributed by atoms with Crippen LogP contribution in [0.25, 0.3) is 0 Å². The van der Waals surface area contributed by atoms with Crippen molar-refractivity contribution in [2.75, 3.05) is 19.8 Å². The molecular formula is C19H32N4O6. The molecule has 0 saturated carbocycles. The molecule has 0 heterocycles. The minimum atomic E-state index is -0.919. The lowest BCUT2D eigenvalue weighted by Crippen LogP contribution is -2.49. The van der Waals surface area contributed by atoms with Crippen molar-refractivity contribution >= 4 is 29.8 Å². The van der Waals surface area contributed by atoms with Gasteiger partial charge in [0.1, 0.15) is 18.3 Å². The number of Topliss-reactive ketones (excluding diaryl/α,β-unsaturated/α-hetero) is 1. The summed E-state index contributed by atoms with van der Waals surface area (Å²) in [6, 6.07) is -0.919. The quantitative estimate of drug-likeness (QED) is 0.136. The Hall–Kier alpha value is -2.59. The van der Waals surface area contributed by atoms with E-state index in [2.05, 4.69) is 10.6 Å². The summed E-state index contributed by atoms with van der Waals surface area (Å²) in [6.07, 6.45) is 1.44. The van der Waals surface area contributed by atoms with Crippen LogP contribution in [0, 0.1) is 11.3 Å². The third kappa shape index (κ3) is 12.5. The van der Waals surface area contributed by atoms with Gasteiger partial charge in [0.2, 0.25) is 11.8 Å². The first-order valence-corrected chi connectivity index (χ1v) is 9.43. The van der Waals surface area contributed by atoms with Crippen molar-refractivity contribution in [3.8, 4) is 0 Å². The molecular weight excluding hydrogens is 380 g/mol. The zero-order valence-electron chi connectivity index (χ0n) is 17.4. The Bertz CT molecular complexity index is 616. The van der Waals surface area contributed by atoms with Gasteiger partial charge in [0.05, 0.1) is 18.9 Å². The van der Waals surface area contributed by atoms with Gasteiger partial charge in [0.15, 0.2) is 5.78 Å². The first-order valence-electron chi connectivity index (χ1n) is 9.43. The summed E-state index contributed by atoms with van der Waals surface area (Å²) >= 11 is 0. The van der Waals surface area contributed by atoms with E-state index in [9.17, 15) is 19.2 Å². The molecule has 0 aromatic carbocycles. The molecule has 0 rings (SSSR count). The first-order chi connectivity index (χ1) is 13.6. The number of ketones is 1. The molecule has 0 bridgehead atoms. The molecule has 10 heteroatoms. The molecule has 29 heavy (non-hydrogen) atoms. The monoisotopic (exact) mass is 412 g/mol. The lowest BCUT2D eigenvalue weighted by molar-refractivity contribution is -0.144. The number of nitrogens with two attached hydrogens (primary N) is 1. The van der Waals surface area contributed by atoms with Crippen LogP contribution in [0.15, 0.2) is 11.8 Å². The summed E-state index contributed by atoms with van der Waals surface area (Å²) in [5.41, 5.74) is 5.08. The molecule has 2 amide bonds. The Labute approximate surface area is 171 Å². The van der Waals surface area contributed by atoms with Crippen molar-refractivity contribution in [1.29, 1.82) is 5.41 Å². The number of hydrogen-bond donors (Lipinski definition) is 4.